The number of fused-ring (bicyclic) bond motifs is 1. The monoisotopic (exact) mass is 389 g/mol. The molecular weight excluding hydrogens is 357 g/mol. The third kappa shape index (κ3) is 2.77. The maximum absolute atomic E-state index is 13.9. The minimum atomic E-state index is -0.354. The molecule has 2 bridgehead atoms. The third-order valence-electron chi connectivity index (χ3n) is 7.82. The van der Waals surface area contributed by atoms with Gasteiger partial charge in [0.1, 0.15) is 0 Å². The van der Waals surface area contributed by atoms with Crippen LogP contribution in [-0.2, 0) is 9.53 Å². The molecule has 4 nitrogen and oxygen atoms in total. The van der Waals surface area contributed by atoms with Gasteiger partial charge in [-0.1, -0.05) is 33.8 Å². The molecule has 154 valence electrons. The maximum atomic E-state index is 13.9. The van der Waals surface area contributed by atoms with Gasteiger partial charge in [0.15, 0.2) is 11.6 Å². The fraction of sp³-hybridized carbons (Fsp3) is 0.696. The number of carbonyl (C=O) groups excluding carboxylic acids is 1. The van der Waals surface area contributed by atoms with Crippen LogP contribution in [0, 0.1) is 34.4 Å². The van der Waals surface area contributed by atoms with Gasteiger partial charge in [-0.05, 0) is 59.6 Å². The molecule has 1 N–H and O–H groups in total. The summed E-state index contributed by atoms with van der Waals surface area (Å²) in [4.78, 5) is 12.6. The molecule has 1 aromatic rings. The van der Waals surface area contributed by atoms with Crippen molar-refractivity contribution in [3.8, 4) is 5.75 Å². The van der Waals surface area contributed by atoms with Crippen LogP contribution in [0.5, 0.6) is 5.75 Å². The minimum Gasteiger partial charge on any atom is -0.494 e. The van der Waals surface area contributed by atoms with E-state index in [1.807, 2.05) is 19.9 Å². The quantitative estimate of drug-likeness (QED) is 0.825. The fourth-order valence-electron chi connectivity index (χ4n) is 6.28. The number of carbonyl (C=O) groups is 1. The first-order valence-electron chi connectivity index (χ1n) is 10.5. The third-order valence-corrected chi connectivity index (χ3v) is 7.82. The van der Waals surface area contributed by atoms with Crippen LogP contribution in [0.25, 0.3) is 0 Å². The number of ether oxygens (including phenoxy) is 2. The average molecular weight is 390 g/mol. The van der Waals surface area contributed by atoms with Gasteiger partial charge in [-0.2, -0.15) is 0 Å². The second kappa shape index (κ2) is 6.72. The Hall–Kier alpha value is -1.62. The lowest BCUT2D eigenvalue weighted by atomic mass is 9.58. The van der Waals surface area contributed by atoms with E-state index >= 15 is 0 Å². The summed E-state index contributed by atoms with van der Waals surface area (Å²) in [5, 5.41) is 3.41. The van der Waals surface area contributed by atoms with E-state index < -0.39 is 0 Å². The molecule has 3 aliphatic rings. The van der Waals surface area contributed by atoms with Crippen molar-refractivity contribution in [3.63, 3.8) is 0 Å². The molecule has 1 saturated heterocycles. The Kier molecular flexibility index (Phi) is 4.72. The molecule has 3 fully saturated rings. The number of benzene rings is 1. The highest BCUT2D eigenvalue weighted by Crippen LogP contribution is 2.70. The highest BCUT2D eigenvalue weighted by molar-refractivity contribution is 5.78. The molecule has 28 heavy (non-hydrogen) atoms. The van der Waals surface area contributed by atoms with E-state index in [-0.39, 0.29) is 46.4 Å². The van der Waals surface area contributed by atoms with Gasteiger partial charge >= 0.3 is 0 Å². The largest absolute Gasteiger partial charge is 0.494 e. The standard InChI is InChI=1S/C23H32FNO3/c1-13(2)20(26)25-21-22(3,4)15-11-16-19(28-9-8-23(16,21)12-15)14-6-7-17(24)18(10-14)27-5/h6-7,10,13,15-16,19,21H,8-9,11-12H2,1-5H3,(H,25,26)/t15-,16-,19-,21+,23-/m1/s1. The molecule has 1 aliphatic heterocycles. The number of rotatable bonds is 4. The van der Waals surface area contributed by atoms with E-state index in [0.29, 0.717) is 18.4 Å². The van der Waals surface area contributed by atoms with Gasteiger partial charge in [-0.15, -0.1) is 0 Å². The van der Waals surface area contributed by atoms with E-state index in [1.165, 1.54) is 13.2 Å². The Bertz CT molecular complexity index is 777. The molecule has 0 radical (unpaired) electrons. The first kappa shape index (κ1) is 19.7. The maximum Gasteiger partial charge on any atom is 0.222 e. The van der Waals surface area contributed by atoms with Crippen LogP contribution in [0.15, 0.2) is 18.2 Å². The molecule has 0 aromatic heterocycles. The minimum absolute atomic E-state index is 0.0261. The number of hydrogen-bond acceptors (Lipinski definition) is 3. The molecule has 4 rings (SSSR count). The Labute approximate surface area is 167 Å². The van der Waals surface area contributed by atoms with Gasteiger partial charge in [-0.25, -0.2) is 4.39 Å². The van der Waals surface area contributed by atoms with Gasteiger partial charge in [0.05, 0.1) is 13.2 Å². The number of halogens is 1. The molecular formula is C23H32FNO3. The Balaban J connectivity index is 1.69. The summed E-state index contributed by atoms with van der Waals surface area (Å²) in [6.45, 7) is 9.17. The van der Waals surface area contributed by atoms with Crippen LogP contribution < -0.4 is 10.1 Å². The normalized spacial score (nSPS) is 35.7. The van der Waals surface area contributed by atoms with Crippen molar-refractivity contribution in [1.29, 1.82) is 0 Å². The highest BCUT2D eigenvalue weighted by Gasteiger charge is 2.68. The van der Waals surface area contributed by atoms with Crippen molar-refractivity contribution in [2.75, 3.05) is 13.7 Å². The summed E-state index contributed by atoms with van der Waals surface area (Å²) in [5.74, 6) is 0.891. The first-order chi connectivity index (χ1) is 13.2. The van der Waals surface area contributed by atoms with Crippen LogP contribution in [0.3, 0.4) is 0 Å². The summed E-state index contributed by atoms with van der Waals surface area (Å²) in [6.07, 6.45) is 3.11. The lowest BCUT2D eigenvalue weighted by Crippen LogP contribution is -2.59. The summed E-state index contributed by atoms with van der Waals surface area (Å²) in [7, 11) is 1.49. The summed E-state index contributed by atoms with van der Waals surface area (Å²) in [6, 6.07) is 5.21. The van der Waals surface area contributed by atoms with Gasteiger partial charge in [-0.3, -0.25) is 4.79 Å². The van der Waals surface area contributed by atoms with Crippen molar-refractivity contribution < 1.29 is 18.7 Å². The van der Waals surface area contributed by atoms with E-state index in [0.717, 1.165) is 24.8 Å². The van der Waals surface area contributed by atoms with Gasteiger partial charge < -0.3 is 14.8 Å². The second-order valence-electron chi connectivity index (χ2n) is 9.83. The molecule has 0 unspecified atom stereocenters. The zero-order valence-electron chi connectivity index (χ0n) is 17.5. The number of nitrogens with one attached hydrogen (secondary N) is 1. The zero-order valence-corrected chi connectivity index (χ0v) is 17.5. The SMILES string of the molecule is COc1cc([C@H]2OCC[C@@]34C[C@@H](C[C@H]23)C(C)(C)[C@@H]4NC(=O)C(C)C)ccc1F. The lowest BCUT2D eigenvalue weighted by Gasteiger charge is -2.53. The van der Waals surface area contributed by atoms with Crippen LogP contribution in [-0.4, -0.2) is 25.7 Å². The molecule has 1 spiro atoms. The first-order valence-corrected chi connectivity index (χ1v) is 10.5. The van der Waals surface area contributed by atoms with Crippen LogP contribution in [0.2, 0.25) is 0 Å². The topological polar surface area (TPSA) is 47.6 Å². The molecule has 5 atom stereocenters. The van der Waals surface area contributed by atoms with Crippen LogP contribution >= 0.6 is 0 Å². The molecule has 2 saturated carbocycles. The molecule has 1 amide bonds. The smallest absolute Gasteiger partial charge is 0.222 e. The number of hydrogen-bond donors (Lipinski definition) is 1. The number of amides is 1. The average Bonchev–Trinajstić information content (AvgIpc) is 3.14. The zero-order chi connectivity index (χ0) is 20.3. The Morgan fingerprint density at radius 2 is 2.11 bits per heavy atom. The predicted octanol–water partition coefficient (Wildman–Crippen LogP) is 4.49. The fourth-order valence-corrected chi connectivity index (χ4v) is 6.28. The van der Waals surface area contributed by atoms with Crippen molar-refractivity contribution in [1.82, 2.24) is 5.32 Å². The number of methoxy groups -OCH3 is 1. The van der Waals surface area contributed by atoms with E-state index in [2.05, 4.69) is 19.2 Å². The van der Waals surface area contributed by atoms with Crippen molar-refractivity contribution >= 4 is 5.91 Å². The molecule has 1 aromatic carbocycles. The van der Waals surface area contributed by atoms with Gasteiger partial charge in [0.2, 0.25) is 5.91 Å². The van der Waals surface area contributed by atoms with Crippen LogP contribution in [0.4, 0.5) is 4.39 Å². The summed E-state index contributed by atoms with van der Waals surface area (Å²) < 4.78 is 25.4. The van der Waals surface area contributed by atoms with Crippen LogP contribution in [0.1, 0.15) is 58.6 Å². The van der Waals surface area contributed by atoms with Crippen molar-refractivity contribution in [3.05, 3.63) is 29.6 Å². The molecule has 2 aliphatic carbocycles. The van der Waals surface area contributed by atoms with Gasteiger partial charge in [0.25, 0.3) is 0 Å². The Morgan fingerprint density at radius 1 is 1.36 bits per heavy atom. The van der Waals surface area contributed by atoms with E-state index in [1.54, 1.807) is 6.07 Å². The Morgan fingerprint density at radius 3 is 2.79 bits per heavy atom. The van der Waals surface area contributed by atoms with E-state index in [4.69, 9.17) is 9.47 Å². The second-order valence-corrected chi connectivity index (χ2v) is 9.83. The summed E-state index contributed by atoms with van der Waals surface area (Å²) >= 11 is 0. The lowest BCUT2D eigenvalue weighted by molar-refractivity contribution is -0.139. The molecule has 5 heteroatoms. The highest BCUT2D eigenvalue weighted by atomic mass is 19.1. The molecule has 1 heterocycles. The van der Waals surface area contributed by atoms with Crippen molar-refractivity contribution in [2.24, 2.45) is 28.6 Å². The predicted molar refractivity (Wildman–Crippen MR) is 105 cm³/mol. The van der Waals surface area contributed by atoms with Crippen molar-refractivity contribution in [2.45, 2.75) is 59.1 Å². The van der Waals surface area contributed by atoms with E-state index in [9.17, 15) is 9.18 Å². The van der Waals surface area contributed by atoms with Gasteiger partial charge in [0, 0.05) is 18.6 Å². The summed E-state index contributed by atoms with van der Waals surface area (Å²) in [5.41, 5.74) is 1.09.